The fraction of sp³-hybridized carbons (Fsp3) is 0.308. The third-order valence-electron chi connectivity index (χ3n) is 2.50. The Labute approximate surface area is 118 Å². The van der Waals surface area contributed by atoms with Gasteiger partial charge in [-0.2, -0.15) is 13.2 Å². The van der Waals surface area contributed by atoms with Gasteiger partial charge in [0.15, 0.2) is 0 Å². The van der Waals surface area contributed by atoms with Crippen LogP contribution >= 0.6 is 11.8 Å². The summed E-state index contributed by atoms with van der Waals surface area (Å²) < 4.78 is 42.0. The molecule has 0 aromatic carbocycles. The smallest absolute Gasteiger partial charge is 0.417 e. The predicted molar refractivity (Wildman–Crippen MR) is 70.4 cm³/mol. The van der Waals surface area contributed by atoms with Crippen LogP contribution in [0.3, 0.4) is 0 Å². The average molecular weight is 302 g/mol. The number of alkyl halides is 3. The molecule has 2 aromatic rings. The van der Waals surface area contributed by atoms with Crippen molar-refractivity contribution in [2.75, 3.05) is 12.3 Å². The van der Waals surface area contributed by atoms with Crippen LogP contribution in [0.1, 0.15) is 11.1 Å². The van der Waals surface area contributed by atoms with Crippen molar-refractivity contribution in [1.82, 2.24) is 10.3 Å². The van der Waals surface area contributed by atoms with Crippen molar-refractivity contribution < 1.29 is 17.6 Å². The molecule has 0 amide bonds. The van der Waals surface area contributed by atoms with E-state index in [4.69, 9.17) is 4.42 Å². The first-order valence-electron chi connectivity index (χ1n) is 5.93. The number of furan rings is 1. The number of thioether (sulfide) groups is 1. The summed E-state index contributed by atoms with van der Waals surface area (Å²) in [4.78, 5) is 3.79. The van der Waals surface area contributed by atoms with E-state index in [1.165, 1.54) is 17.8 Å². The van der Waals surface area contributed by atoms with Crippen LogP contribution in [0.25, 0.3) is 0 Å². The zero-order chi connectivity index (χ0) is 14.4. The molecule has 20 heavy (non-hydrogen) atoms. The van der Waals surface area contributed by atoms with Crippen molar-refractivity contribution in [2.24, 2.45) is 0 Å². The van der Waals surface area contributed by atoms with Crippen LogP contribution in [-0.4, -0.2) is 17.3 Å². The summed E-state index contributed by atoms with van der Waals surface area (Å²) in [5, 5.41) is 3.79. The molecular formula is C13H13F3N2OS. The van der Waals surface area contributed by atoms with Gasteiger partial charge in [0.1, 0.15) is 0 Å². The molecule has 2 rings (SSSR count). The van der Waals surface area contributed by atoms with Crippen LogP contribution < -0.4 is 5.32 Å². The van der Waals surface area contributed by atoms with E-state index in [2.05, 4.69) is 10.3 Å². The highest BCUT2D eigenvalue weighted by Gasteiger charge is 2.30. The Morgan fingerprint density at radius 1 is 1.25 bits per heavy atom. The molecule has 0 fully saturated rings. The van der Waals surface area contributed by atoms with Gasteiger partial charge in [-0.1, -0.05) is 0 Å². The van der Waals surface area contributed by atoms with E-state index in [0.29, 0.717) is 11.6 Å². The predicted octanol–water partition coefficient (Wildman–Crippen LogP) is 3.58. The van der Waals surface area contributed by atoms with E-state index in [0.717, 1.165) is 30.1 Å². The second-order valence-corrected chi connectivity index (χ2v) is 5.15. The van der Waals surface area contributed by atoms with E-state index in [1.54, 1.807) is 12.5 Å². The quantitative estimate of drug-likeness (QED) is 0.654. The first kappa shape index (κ1) is 14.9. The summed E-state index contributed by atoms with van der Waals surface area (Å²) in [5.74, 6) is 0.732. The number of halogens is 3. The highest BCUT2D eigenvalue weighted by Crippen LogP contribution is 2.29. The highest BCUT2D eigenvalue weighted by molar-refractivity contribution is 7.99. The lowest BCUT2D eigenvalue weighted by molar-refractivity contribution is -0.137. The maximum atomic E-state index is 12.3. The summed E-state index contributed by atoms with van der Waals surface area (Å²) in [6, 6.07) is 4.31. The summed E-state index contributed by atoms with van der Waals surface area (Å²) >= 11 is 1.41. The number of hydrogen-bond acceptors (Lipinski definition) is 4. The zero-order valence-electron chi connectivity index (χ0n) is 10.5. The molecule has 0 saturated carbocycles. The summed E-state index contributed by atoms with van der Waals surface area (Å²) in [5.41, 5.74) is 0.336. The van der Waals surface area contributed by atoms with Crippen molar-refractivity contribution in [3.63, 3.8) is 0 Å². The number of rotatable bonds is 6. The summed E-state index contributed by atoms with van der Waals surface area (Å²) in [6.07, 6.45) is -0.195. The Kier molecular flexibility index (Phi) is 5.08. The monoisotopic (exact) mass is 302 g/mol. The van der Waals surface area contributed by atoms with Gasteiger partial charge in [-0.15, -0.1) is 11.8 Å². The van der Waals surface area contributed by atoms with Gasteiger partial charge in [-0.3, -0.25) is 0 Å². The second-order valence-electron chi connectivity index (χ2n) is 4.04. The van der Waals surface area contributed by atoms with E-state index in [1.807, 2.05) is 6.07 Å². The highest BCUT2D eigenvalue weighted by atomic mass is 32.2. The molecule has 3 nitrogen and oxygen atoms in total. The number of aromatic nitrogens is 1. The van der Waals surface area contributed by atoms with Gasteiger partial charge in [0.05, 0.1) is 23.1 Å². The van der Waals surface area contributed by atoms with Crippen molar-refractivity contribution in [1.29, 1.82) is 0 Å². The van der Waals surface area contributed by atoms with E-state index in [9.17, 15) is 13.2 Å². The van der Waals surface area contributed by atoms with Crippen LogP contribution in [0.4, 0.5) is 13.2 Å². The molecule has 108 valence electrons. The Balaban J connectivity index is 1.69. The Bertz CT molecular complexity index is 511. The largest absolute Gasteiger partial charge is 0.472 e. The van der Waals surface area contributed by atoms with Gasteiger partial charge in [-0.25, -0.2) is 4.98 Å². The van der Waals surface area contributed by atoms with Gasteiger partial charge >= 0.3 is 6.18 Å². The van der Waals surface area contributed by atoms with E-state index < -0.39 is 11.7 Å². The Hall–Kier alpha value is -1.47. The summed E-state index contributed by atoms with van der Waals surface area (Å²) in [7, 11) is 0. The third-order valence-corrected chi connectivity index (χ3v) is 3.45. The molecule has 0 unspecified atom stereocenters. The van der Waals surface area contributed by atoms with Gasteiger partial charge < -0.3 is 9.73 Å². The van der Waals surface area contributed by atoms with Crippen LogP contribution in [0.5, 0.6) is 0 Å². The van der Waals surface area contributed by atoms with Gasteiger partial charge in [0.2, 0.25) is 0 Å². The van der Waals surface area contributed by atoms with Crippen molar-refractivity contribution in [3.05, 3.63) is 48.0 Å². The average Bonchev–Trinajstić information content (AvgIpc) is 2.91. The lowest BCUT2D eigenvalue weighted by atomic mass is 10.3. The van der Waals surface area contributed by atoms with E-state index in [-0.39, 0.29) is 0 Å². The maximum Gasteiger partial charge on any atom is 0.417 e. The number of hydrogen-bond donors (Lipinski definition) is 1. The molecule has 2 aromatic heterocycles. The van der Waals surface area contributed by atoms with Gasteiger partial charge in [-0.05, 0) is 18.2 Å². The number of pyridine rings is 1. The normalized spacial score (nSPS) is 11.8. The second kappa shape index (κ2) is 6.81. The van der Waals surface area contributed by atoms with Crippen molar-refractivity contribution in [2.45, 2.75) is 17.7 Å². The molecule has 0 aliphatic heterocycles. The van der Waals surface area contributed by atoms with Gasteiger partial charge in [0.25, 0.3) is 0 Å². The number of nitrogens with one attached hydrogen (secondary N) is 1. The van der Waals surface area contributed by atoms with Crippen molar-refractivity contribution in [3.8, 4) is 0 Å². The summed E-state index contributed by atoms with van der Waals surface area (Å²) in [6.45, 7) is 1.44. The molecule has 0 aliphatic rings. The topological polar surface area (TPSA) is 38.1 Å². The molecule has 0 saturated heterocycles. The Morgan fingerprint density at radius 3 is 2.70 bits per heavy atom. The molecule has 1 N–H and O–H groups in total. The fourth-order valence-corrected chi connectivity index (χ4v) is 2.23. The third kappa shape index (κ3) is 4.57. The van der Waals surface area contributed by atoms with Crippen LogP contribution in [-0.2, 0) is 12.7 Å². The van der Waals surface area contributed by atoms with E-state index >= 15 is 0 Å². The molecule has 0 spiro atoms. The minimum atomic E-state index is -4.33. The molecule has 0 atom stereocenters. The standard InChI is InChI=1S/C13H13F3N2OS/c14-13(15,16)11-1-2-12(18-8-11)20-6-4-17-7-10-3-5-19-9-10/h1-3,5,8-9,17H,4,6-7H2. The molecule has 7 heteroatoms. The fourth-order valence-electron chi connectivity index (χ4n) is 1.49. The number of nitrogens with zero attached hydrogens (tertiary/aromatic N) is 1. The SMILES string of the molecule is FC(F)(F)c1ccc(SCCNCc2ccoc2)nc1. The molecular weight excluding hydrogens is 289 g/mol. The first-order chi connectivity index (χ1) is 9.55. The van der Waals surface area contributed by atoms with Crippen LogP contribution in [0.15, 0.2) is 46.4 Å². The van der Waals surface area contributed by atoms with Crippen LogP contribution in [0, 0.1) is 0 Å². The zero-order valence-corrected chi connectivity index (χ0v) is 11.3. The van der Waals surface area contributed by atoms with Gasteiger partial charge in [0, 0.05) is 30.6 Å². The minimum Gasteiger partial charge on any atom is -0.472 e. The molecule has 0 radical (unpaired) electrons. The van der Waals surface area contributed by atoms with Crippen LogP contribution in [0.2, 0.25) is 0 Å². The molecule has 2 heterocycles. The molecule has 0 aliphatic carbocycles. The maximum absolute atomic E-state index is 12.3. The van der Waals surface area contributed by atoms with Crippen molar-refractivity contribution >= 4 is 11.8 Å². The lowest BCUT2D eigenvalue weighted by Gasteiger charge is -2.07. The lowest BCUT2D eigenvalue weighted by Crippen LogP contribution is -2.16. The first-order valence-corrected chi connectivity index (χ1v) is 6.92. The minimum absolute atomic E-state index is 0.586. The molecule has 0 bridgehead atoms. The Morgan fingerprint density at radius 2 is 2.10 bits per heavy atom.